The van der Waals surface area contributed by atoms with Crippen molar-refractivity contribution in [2.45, 2.75) is 50.2 Å². The van der Waals surface area contributed by atoms with E-state index in [9.17, 15) is 18.0 Å². The van der Waals surface area contributed by atoms with Crippen LogP contribution in [-0.2, 0) is 32.6 Å². The van der Waals surface area contributed by atoms with E-state index in [4.69, 9.17) is 37.4 Å². The van der Waals surface area contributed by atoms with Crippen LogP contribution >= 0.6 is 23.2 Å². The van der Waals surface area contributed by atoms with Crippen LogP contribution in [0.1, 0.15) is 31.4 Å². The number of carbonyl (C=O) groups is 2. The highest BCUT2D eigenvalue weighted by molar-refractivity contribution is 7.92. The Balaban J connectivity index is 1.89. The Morgan fingerprint density at radius 2 is 1.42 bits per heavy atom. The van der Waals surface area contributed by atoms with Crippen LogP contribution in [0.2, 0.25) is 10.0 Å². The predicted octanol–water partition coefficient (Wildman–Crippen LogP) is 6.77. The maximum Gasteiger partial charge on any atom is 0.265 e. The summed E-state index contributed by atoms with van der Waals surface area (Å²) in [6, 6.07) is 23.6. The van der Waals surface area contributed by atoms with Gasteiger partial charge in [-0.05, 0) is 66.9 Å². The molecule has 4 aromatic carbocycles. The molecule has 0 unspecified atom stereocenters. The second kappa shape index (κ2) is 17.5. The van der Waals surface area contributed by atoms with Crippen molar-refractivity contribution in [3.8, 4) is 17.2 Å². The molecular weight excluding hydrogens is 701 g/mol. The van der Waals surface area contributed by atoms with Gasteiger partial charge in [-0.15, -0.1) is 0 Å². The lowest BCUT2D eigenvalue weighted by Gasteiger charge is -2.34. The second-order valence-corrected chi connectivity index (χ2v) is 14.3. The molecule has 4 rings (SSSR count). The van der Waals surface area contributed by atoms with E-state index in [1.165, 1.54) is 56.6 Å². The average Bonchev–Trinajstić information content (AvgIpc) is 3.11. The SMILES string of the molecule is CC[C@H](C)NC(=O)[C@H](Cc1ccccc1)N(Cc1cccc(Cl)c1)C(=O)CN(c1cc(Cl)ccc1OC)S(=O)(=O)c1ccc(OC)c(OC)c1. The van der Waals surface area contributed by atoms with E-state index in [1.54, 1.807) is 30.3 Å². The predicted molar refractivity (Wildman–Crippen MR) is 196 cm³/mol. The van der Waals surface area contributed by atoms with Gasteiger partial charge in [-0.3, -0.25) is 13.9 Å². The van der Waals surface area contributed by atoms with Crippen molar-refractivity contribution >= 4 is 50.7 Å². The Labute approximate surface area is 303 Å². The van der Waals surface area contributed by atoms with Crippen LogP contribution in [0, 0.1) is 0 Å². The minimum atomic E-state index is -4.51. The van der Waals surface area contributed by atoms with Gasteiger partial charge in [-0.2, -0.15) is 0 Å². The zero-order valence-corrected chi connectivity index (χ0v) is 30.9. The van der Waals surface area contributed by atoms with Gasteiger partial charge in [0.15, 0.2) is 11.5 Å². The highest BCUT2D eigenvalue weighted by Crippen LogP contribution is 2.37. The summed E-state index contributed by atoms with van der Waals surface area (Å²) in [6.07, 6.45) is 0.830. The molecule has 10 nitrogen and oxygen atoms in total. The molecule has 0 spiro atoms. The number of rotatable bonds is 16. The molecule has 0 aromatic heterocycles. The Hall–Kier alpha value is -4.45. The third-order valence-corrected chi connectivity index (χ3v) is 10.4. The number of anilines is 1. The molecule has 1 N–H and O–H groups in total. The van der Waals surface area contributed by atoms with Crippen LogP contribution in [-0.4, -0.2) is 65.1 Å². The topological polar surface area (TPSA) is 114 Å². The summed E-state index contributed by atoms with van der Waals surface area (Å²) in [5.41, 5.74) is 1.48. The fourth-order valence-corrected chi connectivity index (χ4v) is 7.11. The van der Waals surface area contributed by atoms with Gasteiger partial charge in [0, 0.05) is 35.1 Å². The first-order valence-corrected chi connectivity index (χ1v) is 18.1. The Morgan fingerprint density at radius 1 is 0.780 bits per heavy atom. The Morgan fingerprint density at radius 3 is 2.06 bits per heavy atom. The van der Waals surface area contributed by atoms with E-state index < -0.39 is 28.5 Å². The first-order chi connectivity index (χ1) is 23.9. The van der Waals surface area contributed by atoms with Gasteiger partial charge < -0.3 is 24.4 Å². The van der Waals surface area contributed by atoms with Gasteiger partial charge >= 0.3 is 0 Å². The monoisotopic (exact) mass is 741 g/mol. The Kier molecular flexibility index (Phi) is 13.4. The van der Waals surface area contributed by atoms with E-state index in [-0.39, 0.29) is 52.0 Å². The van der Waals surface area contributed by atoms with Crippen LogP contribution in [0.15, 0.2) is 95.9 Å². The molecular formula is C37H41Cl2N3O7S. The van der Waals surface area contributed by atoms with Crippen molar-refractivity contribution in [2.75, 3.05) is 32.2 Å². The zero-order valence-electron chi connectivity index (χ0n) is 28.6. The summed E-state index contributed by atoms with van der Waals surface area (Å²) in [5, 5.41) is 3.68. The number of methoxy groups -OCH3 is 3. The van der Waals surface area contributed by atoms with Crippen molar-refractivity contribution in [3.63, 3.8) is 0 Å². The summed E-state index contributed by atoms with van der Waals surface area (Å²) >= 11 is 12.7. The maximum absolute atomic E-state index is 14.8. The van der Waals surface area contributed by atoms with Crippen LogP contribution in [0.25, 0.3) is 0 Å². The van der Waals surface area contributed by atoms with Gasteiger partial charge in [0.25, 0.3) is 10.0 Å². The third kappa shape index (κ3) is 9.41. The fraction of sp³-hybridized carbons (Fsp3) is 0.297. The summed E-state index contributed by atoms with van der Waals surface area (Å²) in [4.78, 5) is 30.0. The highest BCUT2D eigenvalue weighted by atomic mass is 35.5. The molecule has 0 saturated heterocycles. The molecule has 0 heterocycles. The summed E-state index contributed by atoms with van der Waals surface area (Å²) < 4.78 is 46.4. The highest BCUT2D eigenvalue weighted by Gasteiger charge is 2.36. The maximum atomic E-state index is 14.8. The molecule has 50 heavy (non-hydrogen) atoms. The first kappa shape index (κ1) is 38.4. The number of amides is 2. The van der Waals surface area contributed by atoms with E-state index in [1.807, 2.05) is 44.2 Å². The van der Waals surface area contributed by atoms with Gasteiger partial charge in [0.1, 0.15) is 18.3 Å². The molecule has 4 aromatic rings. The molecule has 0 saturated carbocycles. The summed E-state index contributed by atoms with van der Waals surface area (Å²) in [5.74, 6) is -0.393. The van der Waals surface area contributed by atoms with Crippen molar-refractivity contribution in [2.24, 2.45) is 0 Å². The molecule has 0 bridgehead atoms. The first-order valence-electron chi connectivity index (χ1n) is 15.9. The van der Waals surface area contributed by atoms with E-state index >= 15 is 0 Å². The van der Waals surface area contributed by atoms with Crippen LogP contribution in [0.3, 0.4) is 0 Å². The quantitative estimate of drug-likeness (QED) is 0.135. The van der Waals surface area contributed by atoms with E-state index in [0.29, 0.717) is 22.8 Å². The number of hydrogen-bond acceptors (Lipinski definition) is 7. The number of sulfonamides is 1. The van der Waals surface area contributed by atoms with Crippen molar-refractivity contribution < 1.29 is 32.2 Å². The van der Waals surface area contributed by atoms with Crippen LogP contribution in [0.5, 0.6) is 17.2 Å². The van der Waals surface area contributed by atoms with Crippen LogP contribution in [0.4, 0.5) is 5.69 Å². The molecule has 266 valence electrons. The summed E-state index contributed by atoms with van der Waals surface area (Å²) in [7, 11) is -0.296. The number of hydrogen-bond donors (Lipinski definition) is 1. The lowest BCUT2D eigenvalue weighted by atomic mass is 10.0. The standard InChI is InChI=1S/C37H41Cl2N3O7S/c1-6-25(2)40-37(44)32(20-26-11-8-7-9-12-26)41(23-27-13-10-14-28(38)19-27)36(43)24-42(31-21-29(39)15-17-33(31)47-3)50(45,46)30-16-18-34(48-4)35(22-30)49-5/h7-19,21-22,25,32H,6,20,23-24H2,1-5H3,(H,40,44)/t25-,32-/m0/s1. The number of benzene rings is 4. The largest absolute Gasteiger partial charge is 0.495 e. The van der Waals surface area contributed by atoms with Gasteiger partial charge in [0.2, 0.25) is 11.8 Å². The number of nitrogens with one attached hydrogen (secondary N) is 1. The lowest BCUT2D eigenvalue weighted by molar-refractivity contribution is -0.140. The van der Waals surface area contributed by atoms with Crippen molar-refractivity contribution in [1.82, 2.24) is 10.2 Å². The number of ether oxygens (including phenoxy) is 3. The normalized spacial score (nSPS) is 12.4. The zero-order chi connectivity index (χ0) is 36.4. The molecule has 0 aliphatic carbocycles. The minimum absolute atomic E-state index is 0.0227. The second-order valence-electron chi connectivity index (χ2n) is 11.5. The fourth-order valence-electron chi connectivity index (χ4n) is 5.30. The smallest absolute Gasteiger partial charge is 0.265 e. The Bertz CT molecular complexity index is 1890. The van der Waals surface area contributed by atoms with E-state index in [2.05, 4.69) is 5.32 Å². The molecule has 0 aliphatic heterocycles. The van der Waals surface area contributed by atoms with E-state index in [0.717, 1.165) is 9.87 Å². The molecule has 2 atom stereocenters. The molecule has 13 heteroatoms. The number of halogens is 2. The van der Waals surface area contributed by atoms with Crippen LogP contribution < -0.4 is 23.8 Å². The average molecular weight is 743 g/mol. The number of carbonyl (C=O) groups excluding carboxylic acids is 2. The van der Waals surface area contributed by atoms with Gasteiger partial charge in [-0.25, -0.2) is 8.42 Å². The van der Waals surface area contributed by atoms with Crippen molar-refractivity contribution in [3.05, 3.63) is 112 Å². The van der Waals surface area contributed by atoms with Crippen molar-refractivity contribution in [1.29, 1.82) is 0 Å². The summed E-state index contributed by atoms with van der Waals surface area (Å²) in [6.45, 7) is 3.07. The molecule has 2 amide bonds. The third-order valence-electron chi connectivity index (χ3n) is 8.15. The number of nitrogens with zero attached hydrogens (tertiary/aromatic N) is 2. The molecule has 0 aliphatic rings. The molecule has 0 radical (unpaired) electrons. The molecule has 0 fully saturated rings. The van der Waals surface area contributed by atoms with Gasteiger partial charge in [-0.1, -0.05) is 72.6 Å². The van der Waals surface area contributed by atoms with Gasteiger partial charge in [0.05, 0.1) is 31.9 Å². The minimum Gasteiger partial charge on any atom is -0.495 e. The lowest BCUT2D eigenvalue weighted by Crippen LogP contribution is -2.54.